The van der Waals surface area contributed by atoms with Gasteiger partial charge in [-0.1, -0.05) is 12.1 Å². The molecule has 0 unspecified atom stereocenters. The van der Waals surface area contributed by atoms with Crippen LogP contribution in [0.25, 0.3) is 0 Å². The summed E-state index contributed by atoms with van der Waals surface area (Å²) in [4.78, 5) is 27.0. The maximum atomic E-state index is 13.0. The van der Waals surface area contributed by atoms with Gasteiger partial charge in [-0.3, -0.25) is 19.9 Å². The Bertz CT molecular complexity index is 1020. The fourth-order valence-corrected chi connectivity index (χ4v) is 5.20. The predicted molar refractivity (Wildman–Crippen MR) is 110 cm³/mol. The van der Waals surface area contributed by atoms with Crippen molar-refractivity contribution in [3.8, 4) is 0 Å². The summed E-state index contributed by atoms with van der Waals surface area (Å²) in [6.07, 6.45) is 3.15. The second-order valence-electron chi connectivity index (χ2n) is 7.25. The van der Waals surface area contributed by atoms with E-state index in [2.05, 4.69) is 10.3 Å². The van der Waals surface area contributed by atoms with Gasteiger partial charge in [0.1, 0.15) is 0 Å². The van der Waals surface area contributed by atoms with E-state index in [-0.39, 0.29) is 35.5 Å². The number of carbonyl (C=O) groups excluding carboxylic acids is 1. The molecule has 1 fully saturated rings. The average molecular weight is 433 g/mol. The lowest BCUT2D eigenvalue weighted by Gasteiger charge is -2.30. The Morgan fingerprint density at radius 2 is 2.00 bits per heavy atom. The topological polar surface area (TPSA) is 123 Å². The second kappa shape index (κ2) is 9.31. The van der Waals surface area contributed by atoms with E-state index in [1.165, 1.54) is 16.4 Å². The minimum Gasteiger partial charge on any atom is -0.355 e. The summed E-state index contributed by atoms with van der Waals surface area (Å²) in [6, 6.07) is 9.44. The third kappa shape index (κ3) is 5.00. The Balaban J connectivity index is 1.57. The summed E-state index contributed by atoms with van der Waals surface area (Å²) in [5.74, 6) is -0.346. The van der Waals surface area contributed by atoms with Gasteiger partial charge in [-0.25, -0.2) is 8.42 Å². The zero-order chi connectivity index (χ0) is 21.7. The molecule has 0 radical (unpaired) electrons. The number of nitrogens with one attached hydrogen (secondary N) is 1. The first-order valence-electron chi connectivity index (χ1n) is 9.72. The smallest absolute Gasteiger partial charge is 0.270 e. The Kier molecular flexibility index (Phi) is 6.78. The van der Waals surface area contributed by atoms with E-state index in [1.54, 1.807) is 13.1 Å². The lowest BCUT2D eigenvalue weighted by molar-refractivity contribution is -0.385. The van der Waals surface area contributed by atoms with Crippen molar-refractivity contribution in [2.24, 2.45) is 5.92 Å². The first-order chi connectivity index (χ1) is 14.3. The number of pyridine rings is 1. The molecular weight excluding hydrogens is 408 g/mol. The summed E-state index contributed by atoms with van der Waals surface area (Å²) in [5, 5.41) is 13.9. The normalized spacial score (nSPS) is 15.6. The summed E-state index contributed by atoms with van der Waals surface area (Å²) in [5.41, 5.74) is 1.09. The minimum absolute atomic E-state index is 0.0602. The van der Waals surface area contributed by atoms with Crippen molar-refractivity contribution in [3.63, 3.8) is 0 Å². The van der Waals surface area contributed by atoms with Crippen molar-refractivity contribution in [3.05, 3.63) is 64.0 Å². The number of nitrogens with zero attached hydrogens (tertiary/aromatic N) is 3. The Hall–Kier alpha value is -2.85. The maximum Gasteiger partial charge on any atom is 0.270 e. The Labute approximate surface area is 175 Å². The van der Waals surface area contributed by atoms with Crippen LogP contribution in [-0.2, 0) is 21.2 Å². The Morgan fingerprint density at radius 3 is 2.63 bits per heavy atom. The van der Waals surface area contributed by atoms with Gasteiger partial charge in [-0.15, -0.1) is 0 Å². The molecule has 1 aromatic carbocycles. The number of aromatic nitrogens is 1. The zero-order valence-corrected chi connectivity index (χ0v) is 17.5. The van der Waals surface area contributed by atoms with Crippen molar-refractivity contribution in [2.45, 2.75) is 31.1 Å². The highest BCUT2D eigenvalue weighted by Gasteiger charge is 2.33. The van der Waals surface area contributed by atoms with Gasteiger partial charge < -0.3 is 5.32 Å². The predicted octanol–water partition coefficient (Wildman–Crippen LogP) is 2.06. The summed E-state index contributed by atoms with van der Waals surface area (Å²) in [7, 11) is -3.86. The monoisotopic (exact) mass is 432 g/mol. The van der Waals surface area contributed by atoms with Crippen molar-refractivity contribution in [1.82, 2.24) is 14.6 Å². The maximum absolute atomic E-state index is 13.0. The van der Waals surface area contributed by atoms with E-state index in [1.807, 2.05) is 18.2 Å². The van der Waals surface area contributed by atoms with E-state index in [0.717, 1.165) is 11.8 Å². The van der Waals surface area contributed by atoms with Gasteiger partial charge in [0.15, 0.2) is 0 Å². The van der Waals surface area contributed by atoms with Crippen molar-refractivity contribution < 1.29 is 18.1 Å². The fourth-order valence-electron chi connectivity index (χ4n) is 3.48. The quantitative estimate of drug-likeness (QED) is 0.528. The molecule has 30 heavy (non-hydrogen) atoms. The molecule has 3 rings (SSSR count). The van der Waals surface area contributed by atoms with Crippen LogP contribution in [0.1, 0.15) is 24.1 Å². The van der Waals surface area contributed by atoms with Crippen LogP contribution in [0.5, 0.6) is 0 Å². The number of amides is 1. The van der Waals surface area contributed by atoms with E-state index in [9.17, 15) is 23.3 Å². The molecule has 1 N–H and O–H groups in total. The zero-order valence-electron chi connectivity index (χ0n) is 16.7. The molecule has 2 heterocycles. The molecule has 1 aromatic heterocycles. The number of benzene rings is 1. The van der Waals surface area contributed by atoms with Gasteiger partial charge in [0.2, 0.25) is 15.9 Å². The van der Waals surface area contributed by atoms with Crippen LogP contribution < -0.4 is 5.32 Å². The van der Waals surface area contributed by atoms with Crippen molar-refractivity contribution in [1.29, 1.82) is 0 Å². The first-order valence-corrected chi connectivity index (χ1v) is 11.2. The number of nitro benzene ring substituents is 1. The molecule has 0 saturated carbocycles. The van der Waals surface area contributed by atoms with Gasteiger partial charge in [0.05, 0.1) is 9.82 Å². The Morgan fingerprint density at radius 1 is 1.27 bits per heavy atom. The third-order valence-corrected chi connectivity index (χ3v) is 7.27. The largest absolute Gasteiger partial charge is 0.355 e. The molecule has 160 valence electrons. The number of non-ortho nitro benzene ring substituents is 1. The van der Waals surface area contributed by atoms with Crippen LogP contribution in [0.2, 0.25) is 0 Å². The standard InChI is InChI=1S/C20H24N4O5S/c1-15-5-6-18(24(26)27)14-19(15)30(28,29)23-12-8-16(9-13-23)20(25)22-11-7-17-4-2-3-10-21-17/h2-6,10,14,16H,7-9,11-13H2,1H3,(H,22,25). The first kappa shape index (κ1) is 21.8. The van der Waals surface area contributed by atoms with E-state index >= 15 is 0 Å². The number of carbonyl (C=O) groups is 1. The van der Waals surface area contributed by atoms with Gasteiger partial charge in [-0.2, -0.15) is 4.31 Å². The van der Waals surface area contributed by atoms with Crippen LogP contribution in [0.3, 0.4) is 0 Å². The summed E-state index contributed by atoms with van der Waals surface area (Å²) in [6.45, 7) is 2.48. The lowest BCUT2D eigenvalue weighted by Crippen LogP contribution is -2.43. The highest BCUT2D eigenvalue weighted by Crippen LogP contribution is 2.28. The van der Waals surface area contributed by atoms with Crippen LogP contribution in [0, 0.1) is 23.0 Å². The third-order valence-electron chi connectivity index (χ3n) is 5.23. The van der Waals surface area contributed by atoms with Crippen LogP contribution in [-0.4, -0.2) is 48.2 Å². The molecular formula is C20H24N4O5S. The number of hydrogen-bond acceptors (Lipinski definition) is 6. The molecule has 0 aliphatic carbocycles. The van der Waals surface area contributed by atoms with Gasteiger partial charge in [-0.05, 0) is 37.5 Å². The van der Waals surface area contributed by atoms with Crippen molar-refractivity contribution >= 4 is 21.6 Å². The van der Waals surface area contributed by atoms with Crippen molar-refractivity contribution in [2.75, 3.05) is 19.6 Å². The number of hydrogen-bond donors (Lipinski definition) is 1. The minimum atomic E-state index is -3.86. The SMILES string of the molecule is Cc1ccc([N+](=O)[O-])cc1S(=O)(=O)N1CCC(C(=O)NCCc2ccccn2)CC1. The number of rotatable bonds is 7. The van der Waals surface area contributed by atoms with E-state index in [4.69, 9.17) is 0 Å². The molecule has 0 atom stereocenters. The highest BCUT2D eigenvalue weighted by molar-refractivity contribution is 7.89. The highest BCUT2D eigenvalue weighted by atomic mass is 32.2. The fraction of sp³-hybridized carbons (Fsp3) is 0.400. The van der Waals surface area contributed by atoms with Gasteiger partial charge >= 0.3 is 0 Å². The number of sulfonamides is 1. The number of nitro groups is 1. The van der Waals surface area contributed by atoms with Crippen LogP contribution in [0.4, 0.5) is 5.69 Å². The molecule has 0 bridgehead atoms. The van der Waals surface area contributed by atoms with E-state index < -0.39 is 14.9 Å². The molecule has 1 amide bonds. The molecule has 2 aromatic rings. The molecule has 1 aliphatic heterocycles. The van der Waals surface area contributed by atoms with Gasteiger partial charge in [0.25, 0.3) is 5.69 Å². The number of piperidine rings is 1. The second-order valence-corrected chi connectivity index (χ2v) is 9.15. The van der Waals surface area contributed by atoms with Crippen LogP contribution in [0.15, 0.2) is 47.5 Å². The molecule has 0 spiro atoms. The lowest BCUT2D eigenvalue weighted by atomic mass is 9.97. The van der Waals surface area contributed by atoms with E-state index in [0.29, 0.717) is 31.4 Å². The molecule has 10 heteroatoms. The molecule has 1 saturated heterocycles. The number of aryl methyl sites for hydroxylation is 1. The summed E-state index contributed by atoms with van der Waals surface area (Å²) >= 11 is 0. The average Bonchev–Trinajstić information content (AvgIpc) is 2.74. The molecule has 1 aliphatic rings. The summed E-state index contributed by atoms with van der Waals surface area (Å²) < 4.78 is 27.3. The molecule has 9 nitrogen and oxygen atoms in total. The van der Waals surface area contributed by atoms with Crippen LogP contribution >= 0.6 is 0 Å². The van der Waals surface area contributed by atoms with Gasteiger partial charge in [0, 0.05) is 56.0 Å².